The van der Waals surface area contributed by atoms with Gasteiger partial charge in [-0.15, -0.1) is 0 Å². The highest BCUT2D eigenvalue weighted by molar-refractivity contribution is 9.10. The number of hydrogen-bond donors (Lipinski definition) is 2. The van der Waals surface area contributed by atoms with Crippen molar-refractivity contribution >= 4 is 50.4 Å². The largest absolute Gasteiger partial charge is 0.405 e. The number of halogens is 4. The van der Waals surface area contributed by atoms with E-state index in [0.29, 0.717) is 26.8 Å². The first-order valence-corrected chi connectivity index (χ1v) is 11.8. The Hall–Kier alpha value is -3.55. The van der Waals surface area contributed by atoms with Gasteiger partial charge in [-0.2, -0.15) is 18.3 Å². The number of rotatable bonds is 4. The van der Waals surface area contributed by atoms with Gasteiger partial charge in [-0.3, -0.25) is 19.5 Å². The summed E-state index contributed by atoms with van der Waals surface area (Å²) in [6.07, 6.45) is -1.06. The van der Waals surface area contributed by atoms with E-state index >= 15 is 0 Å². The van der Waals surface area contributed by atoms with E-state index < -0.39 is 30.6 Å². The average Bonchev–Trinajstić information content (AvgIpc) is 3.40. The normalized spacial score (nSPS) is 17.1. The molecule has 0 radical (unpaired) electrons. The van der Waals surface area contributed by atoms with Crippen LogP contribution < -0.4 is 10.2 Å². The Labute approximate surface area is 210 Å². The molecule has 1 saturated heterocycles. The summed E-state index contributed by atoms with van der Waals surface area (Å²) in [5, 5.41) is 8.40. The topological polar surface area (TPSA) is 124 Å². The van der Waals surface area contributed by atoms with Gasteiger partial charge in [0.25, 0.3) is 5.91 Å². The van der Waals surface area contributed by atoms with Crippen molar-refractivity contribution in [3.63, 3.8) is 0 Å². The third-order valence-electron chi connectivity index (χ3n) is 6.49. The maximum atomic E-state index is 13.7. The number of nitrogens with zero attached hydrogens (tertiary/aromatic N) is 5. The van der Waals surface area contributed by atoms with Crippen LogP contribution in [-0.4, -0.2) is 75.1 Å². The van der Waals surface area contributed by atoms with E-state index in [9.17, 15) is 27.6 Å². The summed E-state index contributed by atoms with van der Waals surface area (Å²) in [6, 6.07) is 5.12. The van der Waals surface area contributed by atoms with E-state index in [1.54, 1.807) is 23.1 Å². The maximum absolute atomic E-state index is 13.7. The molecule has 36 heavy (non-hydrogen) atoms. The van der Waals surface area contributed by atoms with Gasteiger partial charge in [0.1, 0.15) is 24.1 Å². The Kier molecular flexibility index (Phi) is 5.93. The number of hydrogen-bond acceptors (Lipinski definition) is 6. The monoisotopic (exact) mass is 565 g/mol. The average molecular weight is 566 g/mol. The van der Waals surface area contributed by atoms with Crippen molar-refractivity contribution in [3.8, 4) is 0 Å². The van der Waals surface area contributed by atoms with E-state index in [0.717, 1.165) is 0 Å². The predicted octanol–water partition coefficient (Wildman–Crippen LogP) is 2.31. The highest BCUT2D eigenvalue weighted by Gasteiger charge is 2.54. The quantitative estimate of drug-likeness (QED) is 0.500. The molecule has 2 aliphatic heterocycles. The summed E-state index contributed by atoms with van der Waals surface area (Å²) < 4.78 is 38.2. The van der Waals surface area contributed by atoms with E-state index in [1.807, 2.05) is 5.32 Å². The van der Waals surface area contributed by atoms with Crippen LogP contribution in [0, 0.1) is 0 Å². The maximum Gasteiger partial charge on any atom is 0.405 e. The Morgan fingerprint density at radius 2 is 1.94 bits per heavy atom. The van der Waals surface area contributed by atoms with Crippen LogP contribution in [-0.2, 0) is 15.0 Å². The fourth-order valence-electron chi connectivity index (χ4n) is 4.78. The third-order valence-corrected chi connectivity index (χ3v) is 7.15. The molecule has 5 rings (SSSR count). The smallest absolute Gasteiger partial charge is 0.345 e. The number of H-pyrrole nitrogens is 1. The third kappa shape index (κ3) is 4.18. The molecular formula is C22H19BrF3N7O3. The van der Waals surface area contributed by atoms with Crippen molar-refractivity contribution in [1.82, 2.24) is 30.4 Å². The Balaban J connectivity index is 1.36. The summed E-state index contributed by atoms with van der Waals surface area (Å²) in [7, 11) is 0. The number of carbonyl (C=O) groups is 3. The van der Waals surface area contributed by atoms with Crippen molar-refractivity contribution in [2.75, 3.05) is 31.1 Å². The first-order chi connectivity index (χ1) is 17.1. The van der Waals surface area contributed by atoms with Crippen molar-refractivity contribution in [2.24, 2.45) is 0 Å². The molecule has 0 saturated carbocycles. The van der Waals surface area contributed by atoms with E-state index in [2.05, 4.69) is 36.1 Å². The molecule has 0 bridgehead atoms. The highest BCUT2D eigenvalue weighted by Crippen LogP contribution is 2.50. The molecule has 0 unspecified atom stereocenters. The van der Waals surface area contributed by atoms with Crippen LogP contribution in [0.25, 0.3) is 11.0 Å². The summed E-state index contributed by atoms with van der Waals surface area (Å²) in [5.41, 5.74) is 1.21. The molecule has 0 atom stereocenters. The molecular weight excluding hydrogens is 547 g/mol. The fraction of sp³-hybridized carbons (Fsp3) is 0.364. The van der Waals surface area contributed by atoms with Gasteiger partial charge >= 0.3 is 6.18 Å². The van der Waals surface area contributed by atoms with Crippen LogP contribution in [0.15, 0.2) is 35.1 Å². The first kappa shape index (κ1) is 24.2. The van der Waals surface area contributed by atoms with Gasteiger partial charge in [-0.05, 0) is 25.0 Å². The number of likely N-dealkylation sites (tertiary alicyclic amines) is 1. The van der Waals surface area contributed by atoms with Gasteiger partial charge in [0.05, 0.1) is 17.8 Å². The van der Waals surface area contributed by atoms with Crippen LogP contribution in [0.1, 0.15) is 29.0 Å². The van der Waals surface area contributed by atoms with E-state index in [-0.39, 0.29) is 43.6 Å². The van der Waals surface area contributed by atoms with Gasteiger partial charge in [-0.25, -0.2) is 9.97 Å². The first-order valence-electron chi connectivity index (χ1n) is 11.0. The van der Waals surface area contributed by atoms with E-state index in [1.165, 1.54) is 17.3 Å². The summed E-state index contributed by atoms with van der Waals surface area (Å²) in [6.45, 7) is -1.56. The van der Waals surface area contributed by atoms with Gasteiger partial charge in [0.15, 0.2) is 0 Å². The van der Waals surface area contributed by atoms with Gasteiger partial charge in [0, 0.05) is 28.8 Å². The molecule has 188 valence electrons. The van der Waals surface area contributed by atoms with Crippen LogP contribution in [0.3, 0.4) is 0 Å². The second-order valence-electron chi connectivity index (χ2n) is 8.65. The predicted molar refractivity (Wildman–Crippen MR) is 124 cm³/mol. The molecule has 14 heteroatoms. The summed E-state index contributed by atoms with van der Waals surface area (Å²) in [5.74, 6) is -1.66. The fourth-order valence-corrected chi connectivity index (χ4v) is 5.52. The number of benzene rings is 1. The molecule has 2 N–H and O–H groups in total. The number of nitrogens with one attached hydrogen (secondary N) is 2. The number of carbonyl (C=O) groups excluding carboxylic acids is 3. The molecule has 4 heterocycles. The standard InChI is InChI=1S/C22H19BrF3N7O3/c23-12-2-1-3-15-17(12)21(20(36)33(15)10-16(34)28-11-22(24,25)26)4-6-32(7-5-21)19(35)18-27-8-14-13(30-18)9-29-31-14/h1-3,8-9H,4-7,10-11H2,(H,28,34)(H,29,31). The zero-order valence-corrected chi connectivity index (χ0v) is 20.2. The minimum Gasteiger partial charge on any atom is -0.345 e. The number of aromatic amines is 1. The van der Waals surface area contributed by atoms with Crippen molar-refractivity contribution in [3.05, 3.63) is 46.5 Å². The van der Waals surface area contributed by atoms with Crippen molar-refractivity contribution < 1.29 is 27.6 Å². The lowest BCUT2D eigenvalue weighted by Gasteiger charge is -2.38. The summed E-state index contributed by atoms with van der Waals surface area (Å²) in [4.78, 5) is 50.1. The zero-order chi connectivity index (χ0) is 25.7. The van der Waals surface area contributed by atoms with Crippen LogP contribution in [0.5, 0.6) is 0 Å². The molecule has 2 aromatic heterocycles. The van der Waals surface area contributed by atoms with Crippen molar-refractivity contribution in [2.45, 2.75) is 24.4 Å². The van der Waals surface area contributed by atoms with Crippen molar-refractivity contribution in [1.29, 1.82) is 0 Å². The molecule has 0 aliphatic carbocycles. The zero-order valence-electron chi connectivity index (χ0n) is 18.6. The minimum absolute atomic E-state index is 0.0159. The molecule has 2 aliphatic rings. The van der Waals surface area contributed by atoms with Crippen LogP contribution in [0.2, 0.25) is 0 Å². The molecule has 1 aromatic carbocycles. The second kappa shape index (κ2) is 8.84. The van der Waals surface area contributed by atoms with Crippen LogP contribution >= 0.6 is 15.9 Å². The van der Waals surface area contributed by atoms with E-state index in [4.69, 9.17) is 0 Å². The molecule has 1 spiro atoms. The molecule has 1 fully saturated rings. The Bertz CT molecular complexity index is 1370. The number of aromatic nitrogens is 4. The number of anilines is 1. The lowest BCUT2D eigenvalue weighted by molar-refractivity contribution is -0.138. The number of alkyl halides is 3. The summed E-state index contributed by atoms with van der Waals surface area (Å²) >= 11 is 3.50. The van der Waals surface area contributed by atoms with Gasteiger partial charge < -0.3 is 15.1 Å². The molecule has 3 aromatic rings. The highest BCUT2D eigenvalue weighted by atomic mass is 79.9. The Morgan fingerprint density at radius 3 is 2.67 bits per heavy atom. The Morgan fingerprint density at radius 1 is 1.19 bits per heavy atom. The number of amides is 3. The lowest BCUT2D eigenvalue weighted by atomic mass is 9.73. The lowest BCUT2D eigenvalue weighted by Crippen LogP contribution is -2.51. The number of fused-ring (bicyclic) bond motifs is 3. The van der Waals surface area contributed by atoms with Crippen LogP contribution in [0.4, 0.5) is 18.9 Å². The number of piperidine rings is 1. The second-order valence-corrected chi connectivity index (χ2v) is 9.51. The van der Waals surface area contributed by atoms with Gasteiger partial charge in [0.2, 0.25) is 17.6 Å². The minimum atomic E-state index is -4.56. The molecule has 3 amide bonds. The SMILES string of the molecule is O=C(CN1C(=O)C2(CCN(C(=O)c3ncc4[nH]ncc4n3)CC2)c2c(Br)cccc21)NCC(F)(F)F. The van der Waals surface area contributed by atoms with Gasteiger partial charge in [-0.1, -0.05) is 22.0 Å². The molecule has 10 nitrogen and oxygen atoms in total.